The summed E-state index contributed by atoms with van der Waals surface area (Å²) in [4.78, 5) is 4.48. The molecule has 0 aliphatic carbocycles. The SMILES string of the molecule is CC1CNc2ncc(B3OC(C)(C)C(C)(C)O3)cc21. The van der Waals surface area contributed by atoms with Gasteiger partial charge in [0.2, 0.25) is 0 Å². The fourth-order valence-corrected chi connectivity index (χ4v) is 2.49. The molecule has 1 unspecified atom stereocenters. The summed E-state index contributed by atoms with van der Waals surface area (Å²) >= 11 is 0. The van der Waals surface area contributed by atoms with Gasteiger partial charge in [-0.2, -0.15) is 0 Å². The van der Waals surface area contributed by atoms with Gasteiger partial charge in [0.1, 0.15) is 5.82 Å². The van der Waals surface area contributed by atoms with Crippen LogP contribution in [0.4, 0.5) is 5.82 Å². The molecule has 0 radical (unpaired) electrons. The topological polar surface area (TPSA) is 43.4 Å². The fraction of sp³-hybridized carbons (Fsp3) is 0.643. The van der Waals surface area contributed by atoms with Crippen molar-refractivity contribution in [1.29, 1.82) is 0 Å². The minimum atomic E-state index is -0.324. The van der Waals surface area contributed by atoms with E-state index in [1.807, 2.05) is 6.20 Å². The molecule has 0 bridgehead atoms. The number of hydrogen-bond donors (Lipinski definition) is 1. The summed E-state index contributed by atoms with van der Waals surface area (Å²) < 4.78 is 12.1. The van der Waals surface area contributed by atoms with Crippen molar-refractivity contribution in [2.24, 2.45) is 0 Å². The van der Waals surface area contributed by atoms with Crippen LogP contribution in [-0.4, -0.2) is 29.8 Å². The molecule has 0 spiro atoms. The van der Waals surface area contributed by atoms with Crippen molar-refractivity contribution < 1.29 is 9.31 Å². The molecular formula is C14H21BN2O2. The predicted molar refractivity (Wildman–Crippen MR) is 76.9 cm³/mol. The molecule has 0 aromatic carbocycles. The van der Waals surface area contributed by atoms with Crippen molar-refractivity contribution in [3.63, 3.8) is 0 Å². The average Bonchev–Trinajstić information content (AvgIpc) is 2.78. The van der Waals surface area contributed by atoms with E-state index in [-0.39, 0.29) is 18.3 Å². The molecule has 102 valence electrons. The van der Waals surface area contributed by atoms with Crippen LogP contribution in [-0.2, 0) is 9.31 Å². The second kappa shape index (κ2) is 3.96. The molecule has 19 heavy (non-hydrogen) atoms. The van der Waals surface area contributed by atoms with Gasteiger partial charge in [0.25, 0.3) is 0 Å². The first-order chi connectivity index (χ1) is 8.80. The molecule has 1 saturated heterocycles. The molecule has 4 nitrogen and oxygen atoms in total. The van der Waals surface area contributed by atoms with Crippen LogP contribution in [0, 0.1) is 0 Å². The van der Waals surface area contributed by atoms with Crippen LogP contribution >= 0.6 is 0 Å². The molecule has 3 rings (SSSR count). The maximum Gasteiger partial charge on any atom is 0.496 e. The lowest BCUT2D eigenvalue weighted by atomic mass is 9.79. The van der Waals surface area contributed by atoms with Crippen molar-refractivity contribution in [1.82, 2.24) is 4.98 Å². The standard InChI is InChI=1S/C14H21BN2O2/c1-9-7-16-12-11(9)6-10(8-17-12)15-18-13(2,3)14(4,5)19-15/h6,8-9H,7H2,1-5H3,(H,16,17). The van der Waals surface area contributed by atoms with Crippen molar-refractivity contribution in [2.45, 2.75) is 51.7 Å². The van der Waals surface area contributed by atoms with E-state index in [1.165, 1.54) is 5.56 Å². The number of nitrogens with zero attached hydrogens (tertiary/aromatic N) is 1. The highest BCUT2D eigenvalue weighted by Crippen LogP contribution is 2.37. The van der Waals surface area contributed by atoms with E-state index in [4.69, 9.17) is 9.31 Å². The van der Waals surface area contributed by atoms with Gasteiger partial charge < -0.3 is 14.6 Å². The van der Waals surface area contributed by atoms with Gasteiger partial charge in [0, 0.05) is 24.1 Å². The van der Waals surface area contributed by atoms with Crippen molar-refractivity contribution in [3.05, 3.63) is 17.8 Å². The highest BCUT2D eigenvalue weighted by atomic mass is 16.7. The Morgan fingerprint density at radius 3 is 2.53 bits per heavy atom. The summed E-state index contributed by atoms with van der Waals surface area (Å²) in [5.41, 5.74) is 1.65. The Labute approximate surface area is 115 Å². The molecule has 0 amide bonds. The minimum Gasteiger partial charge on any atom is -0.399 e. The van der Waals surface area contributed by atoms with Crippen LogP contribution in [0.3, 0.4) is 0 Å². The summed E-state index contributed by atoms with van der Waals surface area (Å²) in [5.74, 6) is 1.48. The zero-order chi connectivity index (χ0) is 13.8. The van der Waals surface area contributed by atoms with E-state index in [2.05, 4.69) is 51.0 Å². The van der Waals surface area contributed by atoms with Gasteiger partial charge in [0.15, 0.2) is 0 Å². The molecule has 1 N–H and O–H groups in total. The van der Waals surface area contributed by atoms with E-state index in [0.29, 0.717) is 5.92 Å². The largest absolute Gasteiger partial charge is 0.496 e. The third-order valence-electron chi connectivity index (χ3n) is 4.57. The highest BCUT2D eigenvalue weighted by molar-refractivity contribution is 6.62. The summed E-state index contributed by atoms with van der Waals surface area (Å²) in [6.07, 6.45) is 1.85. The van der Waals surface area contributed by atoms with E-state index in [1.54, 1.807) is 0 Å². The van der Waals surface area contributed by atoms with Crippen LogP contribution in [0.25, 0.3) is 0 Å². The van der Waals surface area contributed by atoms with Crippen LogP contribution < -0.4 is 10.8 Å². The van der Waals surface area contributed by atoms with Crippen molar-refractivity contribution in [3.8, 4) is 0 Å². The van der Waals surface area contributed by atoms with E-state index >= 15 is 0 Å². The lowest BCUT2D eigenvalue weighted by Gasteiger charge is -2.32. The number of aromatic nitrogens is 1. The van der Waals surface area contributed by atoms with Crippen LogP contribution in [0.15, 0.2) is 12.3 Å². The lowest BCUT2D eigenvalue weighted by molar-refractivity contribution is 0.00578. The maximum absolute atomic E-state index is 6.06. The van der Waals surface area contributed by atoms with Gasteiger partial charge in [-0.25, -0.2) is 4.98 Å². The summed E-state index contributed by atoms with van der Waals surface area (Å²) in [7, 11) is -0.324. The predicted octanol–water partition coefficient (Wildman–Crippen LogP) is 1.91. The Morgan fingerprint density at radius 2 is 1.89 bits per heavy atom. The first-order valence-corrected chi connectivity index (χ1v) is 6.89. The van der Waals surface area contributed by atoms with Crippen LogP contribution in [0.5, 0.6) is 0 Å². The van der Waals surface area contributed by atoms with Gasteiger partial charge in [-0.3, -0.25) is 0 Å². The molecule has 3 heterocycles. The van der Waals surface area contributed by atoms with Gasteiger partial charge in [-0.15, -0.1) is 0 Å². The second-order valence-corrected chi connectivity index (χ2v) is 6.58. The number of rotatable bonds is 1. The number of pyridine rings is 1. The molecule has 1 aromatic heterocycles. The van der Waals surface area contributed by atoms with E-state index < -0.39 is 0 Å². The van der Waals surface area contributed by atoms with Gasteiger partial charge in [0.05, 0.1) is 11.2 Å². The summed E-state index contributed by atoms with van der Waals surface area (Å²) in [6.45, 7) is 11.4. The Hall–Kier alpha value is -1.07. The average molecular weight is 260 g/mol. The first-order valence-electron chi connectivity index (χ1n) is 6.89. The Balaban J connectivity index is 1.91. The van der Waals surface area contributed by atoms with Crippen molar-refractivity contribution >= 4 is 18.4 Å². The molecule has 0 saturated carbocycles. The number of nitrogens with one attached hydrogen (secondary N) is 1. The van der Waals surface area contributed by atoms with Crippen LogP contribution in [0.1, 0.15) is 46.1 Å². The molecule has 2 aliphatic heterocycles. The quantitative estimate of drug-likeness (QED) is 0.783. The second-order valence-electron chi connectivity index (χ2n) is 6.58. The summed E-state index contributed by atoms with van der Waals surface area (Å²) in [5, 5.41) is 3.31. The zero-order valence-electron chi connectivity index (χ0n) is 12.3. The third kappa shape index (κ3) is 1.96. The molecule has 1 atom stereocenters. The fourth-order valence-electron chi connectivity index (χ4n) is 2.49. The highest BCUT2D eigenvalue weighted by Gasteiger charge is 2.52. The molecule has 5 heteroatoms. The number of hydrogen-bond acceptors (Lipinski definition) is 4. The normalized spacial score (nSPS) is 27.2. The van der Waals surface area contributed by atoms with Gasteiger partial charge >= 0.3 is 7.12 Å². The molecule has 2 aliphatic rings. The van der Waals surface area contributed by atoms with Crippen LogP contribution in [0.2, 0.25) is 0 Å². The Morgan fingerprint density at radius 1 is 1.26 bits per heavy atom. The zero-order valence-corrected chi connectivity index (χ0v) is 12.3. The van der Waals surface area contributed by atoms with Gasteiger partial charge in [-0.1, -0.05) is 13.0 Å². The Bertz CT molecular complexity index is 500. The first kappa shape index (κ1) is 12.9. The van der Waals surface area contributed by atoms with Crippen molar-refractivity contribution in [2.75, 3.05) is 11.9 Å². The Kier molecular flexibility index (Phi) is 2.70. The summed E-state index contributed by atoms with van der Waals surface area (Å²) in [6, 6.07) is 2.16. The monoisotopic (exact) mass is 260 g/mol. The smallest absolute Gasteiger partial charge is 0.399 e. The third-order valence-corrected chi connectivity index (χ3v) is 4.57. The molecule has 1 fully saturated rings. The van der Waals surface area contributed by atoms with E-state index in [0.717, 1.165) is 17.8 Å². The molecular weight excluding hydrogens is 239 g/mol. The lowest BCUT2D eigenvalue weighted by Crippen LogP contribution is -2.41. The minimum absolute atomic E-state index is 0.305. The maximum atomic E-state index is 6.06. The van der Waals surface area contributed by atoms with E-state index in [9.17, 15) is 0 Å². The number of fused-ring (bicyclic) bond motifs is 1. The van der Waals surface area contributed by atoms with Gasteiger partial charge in [-0.05, 0) is 33.3 Å². The molecule has 1 aromatic rings. The number of anilines is 1.